The second-order valence-electron chi connectivity index (χ2n) is 3.31. The first-order chi connectivity index (χ1) is 7.61. The molecule has 2 aromatic rings. The molecule has 2 nitrogen and oxygen atoms in total. The van der Waals surface area contributed by atoms with Gasteiger partial charge in [-0.15, -0.1) is 0 Å². The van der Waals surface area contributed by atoms with Crippen molar-refractivity contribution >= 4 is 39.7 Å². The van der Waals surface area contributed by atoms with Gasteiger partial charge in [0.15, 0.2) is 5.13 Å². The molecule has 0 fully saturated rings. The summed E-state index contributed by atoms with van der Waals surface area (Å²) in [5.74, 6) is 0. The Morgan fingerprint density at radius 2 is 2.06 bits per heavy atom. The summed E-state index contributed by atoms with van der Waals surface area (Å²) < 4.78 is 0. The minimum Gasteiger partial charge on any atom is -0.365 e. The first kappa shape index (κ1) is 11.7. The summed E-state index contributed by atoms with van der Waals surface area (Å²) in [6.07, 6.45) is 0. The molecular formula is C11H10Cl2N2S. The molecule has 0 saturated heterocycles. The zero-order valence-corrected chi connectivity index (χ0v) is 11.2. The van der Waals surface area contributed by atoms with E-state index in [1.807, 2.05) is 26.1 Å². The fraction of sp³-hybridized carbons (Fsp3) is 0.182. The standard InChI is InChI=1S/C11H10Cl2N2S/c1-6-10(16-11(14-2)15-6)8-4-3-7(12)5-9(8)13/h3-5H,1-2H3,(H,14,15). The number of nitrogens with zero attached hydrogens (tertiary/aromatic N) is 1. The SMILES string of the molecule is CNc1nc(C)c(-c2ccc(Cl)cc2Cl)s1. The molecule has 0 unspecified atom stereocenters. The highest BCUT2D eigenvalue weighted by Crippen LogP contribution is 2.37. The van der Waals surface area contributed by atoms with Crippen molar-refractivity contribution in [2.24, 2.45) is 0 Å². The molecule has 0 radical (unpaired) electrons. The van der Waals surface area contributed by atoms with Crippen LogP contribution in [-0.2, 0) is 0 Å². The predicted octanol–water partition coefficient (Wildman–Crippen LogP) is 4.47. The lowest BCUT2D eigenvalue weighted by Gasteiger charge is -2.02. The van der Waals surface area contributed by atoms with Crippen LogP contribution in [-0.4, -0.2) is 12.0 Å². The van der Waals surface area contributed by atoms with Crippen LogP contribution in [0, 0.1) is 6.92 Å². The van der Waals surface area contributed by atoms with Gasteiger partial charge in [-0.1, -0.05) is 40.6 Å². The highest BCUT2D eigenvalue weighted by Gasteiger charge is 2.12. The maximum absolute atomic E-state index is 6.16. The van der Waals surface area contributed by atoms with Gasteiger partial charge in [0, 0.05) is 17.6 Å². The van der Waals surface area contributed by atoms with Crippen LogP contribution in [0.25, 0.3) is 10.4 Å². The van der Waals surface area contributed by atoms with Crippen molar-refractivity contribution < 1.29 is 0 Å². The Morgan fingerprint density at radius 3 is 2.62 bits per heavy atom. The monoisotopic (exact) mass is 272 g/mol. The van der Waals surface area contributed by atoms with Gasteiger partial charge in [0.25, 0.3) is 0 Å². The summed E-state index contributed by atoms with van der Waals surface area (Å²) in [5, 5.41) is 5.21. The molecule has 0 amide bonds. The molecule has 1 heterocycles. The van der Waals surface area contributed by atoms with Crippen LogP contribution < -0.4 is 5.32 Å². The summed E-state index contributed by atoms with van der Waals surface area (Å²) in [6, 6.07) is 5.50. The van der Waals surface area contributed by atoms with E-state index in [0.29, 0.717) is 10.0 Å². The minimum absolute atomic E-state index is 0.643. The number of rotatable bonds is 2. The van der Waals surface area contributed by atoms with Crippen LogP contribution in [0.1, 0.15) is 5.69 Å². The van der Waals surface area contributed by atoms with Crippen molar-refractivity contribution in [3.63, 3.8) is 0 Å². The van der Waals surface area contributed by atoms with Crippen molar-refractivity contribution in [1.29, 1.82) is 0 Å². The normalized spacial score (nSPS) is 10.5. The van der Waals surface area contributed by atoms with E-state index in [0.717, 1.165) is 21.3 Å². The van der Waals surface area contributed by atoms with Gasteiger partial charge in [-0.3, -0.25) is 0 Å². The zero-order chi connectivity index (χ0) is 11.7. The van der Waals surface area contributed by atoms with Crippen LogP contribution in [0.2, 0.25) is 10.0 Å². The number of anilines is 1. The van der Waals surface area contributed by atoms with E-state index in [4.69, 9.17) is 23.2 Å². The van der Waals surface area contributed by atoms with Crippen LogP contribution in [0.15, 0.2) is 18.2 Å². The predicted molar refractivity (Wildman–Crippen MR) is 71.9 cm³/mol. The molecule has 0 bridgehead atoms. The van der Waals surface area contributed by atoms with Crippen molar-refractivity contribution in [3.05, 3.63) is 33.9 Å². The quantitative estimate of drug-likeness (QED) is 0.873. The van der Waals surface area contributed by atoms with Gasteiger partial charge in [-0.25, -0.2) is 4.98 Å². The van der Waals surface area contributed by atoms with E-state index in [2.05, 4.69) is 10.3 Å². The maximum atomic E-state index is 6.16. The van der Waals surface area contributed by atoms with E-state index in [-0.39, 0.29) is 0 Å². The number of aryl methyl sites for hydroxylation is 1. The molecule has 1 N–H and O–H groups in total. The number of benzene rings is 1. The second kappa shape index (κ2) is 4.62. The maximum Gasteiger partial charge on any atom is 0.183 e. The number of halogens is 2. The van der Waals surface area contributed by atoms with Crippen LogP contribution in [0.3, 0.4) is 0 Å². The molecule has 16 heavy (non-hydrogen) atoms. The molecule has 1 aromatic carbocycles. The zero-order valence-electron chi connectivity index (χ0n) is 8.84. The van der Waals surface area contributed by atoms with Crippen molar-refractivity contribution in [3.8, 4) is 10.4 Å². The van der Waals surface area contributed by atoms with Gasteiger partial charge in [0.2, 0.25) is 0 Å². The summed E-state index contributed by atoms with van der Waals surface area (Å²) in [4.78, 5) is 5.46. The third-order valence-electron chi connectivity index (χ3n) is 2.19. The highest BCUT2D eigenvalue weighted by atomic mass is 35.5. The first-order valence-electron chi connectivity index (χ1n) is 4.72. The summed E-state index contributed by atoms with van der Waals surface area (Å²) in [6.45, 7) is 1.97. The Hall–Kier alpha value is -0.770. The first-order valence-corrected chi connectivity index (χ1v) is 6.29. The smallest absolute Gasteiger partial charge is 0.183 e. The van der Waals surface area contributed by atoms with Crippen molar-refractivity contribution in [2.45, 2.75) is 6.92 Å². The van der Waals surface area contributed by atoms with Gasteiger partial charge in [0.05, 0.1) is 15.6 Å². The second-order valence-corrected chi connectivity index (χ2v) is 5.15. The third kappa shape index (κ3) is 2.17. The molecule has 2 rings (SSSR count). The molecule has 0 atom stereocenters. The molecule has 0 spiro atoms. The van der Waals surface area contributed by atoms with Crippen LogP contribution in [0.4, 0.5) is 5.13 Å². The van der Waals surface area contributed by atoms with E-state index in [9.17, 15) is 0 Å². The average Bonchev–Trinajstić information content (AvgIpc) is 2.60. The van der Waals surface area contributed by atoms with E-state index >= 15 is 0 Å². The molecule has 0 saturated carbocycles. The molecule has 0 aliphatic heterocycles. The largest absolute Gasteiger partial charge is 0.365 e. The summed E-state index contributed by atoms with van der Waals surface area (Å²) in [7, 11) is 1.85. The topological polar surface area (TPSA) is 24.9 Å². The molecule has 1 aromatic heterocycles. The van der Waals surface area contributed by atoms with Crippen LogP contribution in [0.5, 0.6) is 0 Å². The van der Waals surface area contributed by atoms with Gasteiger partial charge in [-0.2, -0.15) is 0 Å². The summed E-state index contributed by atoms with van der Waals surface area (Å²) in [5.41, 5.74) is 1.95. The molecular weight excluding hydrogens is 263 g/mol. The number of thiazole rings is 1. The fourth-order valence-corrected chi connectivity index (χ4v) is 2.95. The van der Waals surface area contributed by atoms with Gasteiger partial charge >= 0.3 is 0 Å². The Labute approximate surface area is 108 Å². The Balaban J connectivity index is 2.53. The van der Waals surface area contributed by atoms with Crippen LogP contribution >= 0.6 is 34.5 Å². The van der Waals surface area contributed by atoms with E-state index in [1.54, 1.807) is 17.4 Å². The third-order valence-corrected chi connectivity index (χ3v) is 3.94. The van der Waals surface area contributed by atoms with E-state index < -0.39 is 0 Å². The highest BCUT2D eigenvalue weighted by molar-refractivity contribution is 7.19. The van der Waals surface area contributed by atoms with Gasteiger partial charge in [0.1, 0.15) is 0 Å². The molecule has 5 heteroatoms. The number of hydrogen-bond donors (Lipinski definition) is 1. The lowest BCUT2D eigenvalue weighted by molar-refractivity contribution is 1.25. The van der Waals surface area contributed by atoms with Gasteiger partial charge in [-0.05, 0) is 19.1 Å². The van der Waals surface area contributed by atoms with Crippen molar-refractivity contribution in [2.75, 3.05) is 12.4 Å². The number of nitrogens with one attached hydrogen (secondary N) is 1. The Kier molecular flexibility index (Phi) is 3.38. The summed E-state index contributed by atoms with van der Waals surface area (Å²) >= 11 is 13.6. The lowest BCUT2D eigenvalue weighted by atomic mass is 10.1. The molecule has 84 valence electrons. The lowest BCUT2D eigenvalue weighted by Crippen LogP contribution is -1.85. The minimum atomic E-state index is 0.643. The number of aromatic nitrogens is 1. The molecule has 0 aliphatic carbocycles. The number of hydrogen-bond acceptors (Lipinski definition) is 3. The average molecular weight is 273 g/mol. The van der Waals surface area contributed by atoms with E-state index in [1.165, 1.54) is 0 Å². The Morgan fingerprint density at radius 1 is 1.31 bits per heavy atom. The Bertz CT molecular complexity index is 523. The van der Waals surface area contributed by atoms with Crippen molar-refractivity contribution in [1.82, 2.24) is 4.98 Å². The fourth-order valence-electron chi connectivity index (χ4n) is 1.43. The molecule has 0 aliphatic rings. The van der Waals surface area contributed by atoms with Gasteiger partial charge < -0.3 is 5.32 Å².